The third-order valence-electron chi connectivity index (χ3n) is 2.23. The summed E-state index contributed by atoms with van der Waals surface area (Å²) in [6.07, 6.45) is 0. The lowest BCUT2D eigenvalue weighted by atomic mass is 10.2. The summed E-state index contributed by atoms with van der Waals surface area (Å²) in [5.74, 6) is 1.18. The highest BCUT2D eigenvalue weighted by atomic mass is 19.1. The van der Waals surface area contributed by atoms with Gasteiger partial charge in [-0.05, 0) is 43.1 Å². The zero-order valence-electron chi connectivity index (χ0n) is 10.2. The van der Waals surface area contributed by atoms with Crippen molar-refractivity contribution in [2.24, 2.45) is 5.92 Å². The monoisotopic (exact) mass is 225 g/mol. The maximum atomic E-state index is 12.8. The second-order valence-corrected chi connectivity index (χ2v) is 4.36. The van der Waals surface area contributed by atoms with E-state index in [1.807, 2.05) is 6.92 Å². The lowest BCUT2D eigenvalue weighted by Gasteiger charge is -2.10. The number of hydrogen-bond donors (Lipinski definition) is 1. The number of ether oxygens (including phenoxy) is 1. The molecule has 0 radical (unpaired) electrons. The Morgan fingerprint density at radius 1 is 1.38 bits per heavy atom. The average Bonchev–Trinajstić information content (AvgIpc) is 2.20. The quantitative estimate of drug-likeness (QED) is 0.752. The lowest BCUT2D eigenvalue weighted by molar-refractivity contribution is 0.308. The largest absolute Gasteiger partial charge is 0.492 e. The summed E-state index contributed by atoms with van der Waals surface area (Å²) in [5, 5.41) is 3.29. The summed E-state index contributed by atoms with van der Waals surface area (Å²) in [4.78, 5) is 0. The molecule has 0 aliphatic heterocycles. The van der Waals surface area contributed by atoms with Crippen LogP contribution in [0.15, 0.2) is 18.2 Å². The molecular weight excluding hydrogens is 205 g/mol. The first-order chi connectivity index (χ1) is 7.59. The van der Waals surface area contributed by atoms with Crippen LogP contribution in [-0.2, 0) is 0 Å². The molecule has 0 saturated carbocycles. The summed E-state index contributed by atoms with van der Waals surface area (Å²) in [6.45, 7) is 8.59. The van der Waals surface area contributed by atoms with Crippen LogP contribution >= 0.6 is 0 Å². The Bertz CT molecular complexity index is 326. The van der Waals surface area contributed by atoms with Crippen molar-refractivity contribution >= 4 is 0 Å². The van der Waals surface area contributed by atoms with Crippen LogP contribution in [0.1, 0.15) is 19.4 Å². The molecule has 1 aromatic carbocycles. The highest BCUT2D eigenvalue weighted by Gasteiger charge is 2.00. The van der Waals surface area contributed by atoms with E-state index in [9.17, 15) is 4.39 Å². The maximum absolute atomic E-state index is 12.8. The van der Waals surface area contributed by atoms with Gasteiger partial charge in [0.1, 0.15) is 18.2 Å². The smallest absolute Gasteiger partial charge is 0.123 e. The fourth-order valence-electron chi connectivity index (χ4n) is 1.40. The zero-order valence-corrected chi connectivity index (χ0v) is 10.2. The summed E-state index contributed by atoms with van der Waals surface area (Å²) in [7, 11) is 0. The highest BCUT2D eigenvalue weighted by molar-refractivity contribution is 5.32. The molecule has 1 N–H and O–H groups in total. The van der Waals surface area contributed by atoms with Gasteiger partial charge in [-0.3, -0.25) is 0 Å². The molecule has 3 heteroatoms. The van der Waals surface area contributed by atoms with Crippen molar-refractivity contribution in [3.8, 4) is 5.75 Å². The number of nitrogens with one attached hydrogen (secondary N) is 1. The summed E-state index contributed by atoms with van der Waals surface area (Å²) < 4.78 is 18.4. The molecule has 1 aromatic rings. The standard InChI is InChI=1S/C13H20FNO/c1-10(2)9-15-6-7-16-13-5-4-12(14)8-11(13)3/h4-5,8,10,15H,6-7,9H2,1-3H3. The molecule has 0 amide bonds. The van der Waals surface area contributed by atoms with Crippen LogP contribution in [-0.4, -0.2) is 19.7 Å². The molecule has 0 saturated heterocycles. The Hall–Kier alpha value is -1.09. The molecule has 0 aliphatic carbocycles. The molecule has 0 spiro atoms. The molecule has 0 aromatic heterocycles. The molecule has 90 valence electrons. The van der Waals surface area contributed by atoms with Crippen molar-refractivity contribution in [1.29, 1.82) is 0 Å². The number of aryl methyl sites for hydroxylation is 1. The Kier molecular flexibility index (Phi) is 5.26. The van der Waals surface area contributed by atoms with Gasteiger partial charge in [-0.1, -0.05) is 13.8 Å². The number of rotatable bonds is 6. The predicted molar refractivity (Wildman–Crippen MR) is 64.3 cm³/mol. The van der Waals surface area contributed by atoms with Crippen LogP contribution in [0.5, 0.6) is 5.75 Å². The van der Waals surface area contributed by atoms with Gasteiger partial charge in [0, 0.05) is 6.54 Å². The second-order valence-electron chi connectivity index (χ2n) is 4.36. The summed E-state index contributed by atoms with van der Waals surface area (Å²) >= 11 is 0. The van der Waals surface area contributed by atoms with Crippen molar-refractivity contribution < 1.29 is 9.13 Å². The molecule has 16 heavy (non-hydrogen) atoms. The van der Waals surface area contributed by atoms with Gasteiger partial charge in [-0.2, -0.15) is 0 Å². The molecule has 0 heterocycles. The van der Waals surface area contributed by atoms with E-state index in [1.54, 1.807) is 6.07 Å². The van der Waals surface area contributed by atoms with E-state index in [0.717, 1.165) is 24.4 Å². The van der Waals surface area contributed by atoms with Crippen LogP contribution in [0.25, 0.3) is 0 Å². The Labute approximate surface area is 96.8 Å². The maximum Gasteiger partial charge on any atom is 0.123 e. The fraction of sp³-hybridized carbons (Fsp3) is 0.538. The molecule has 0 aliphatic rings. The van der Waals surface area contributed by atoms with Crippen molar-refractivity contribution in [2.45, 2.75) is 20.8 Å². The fourth-order valence-corrected chi connectivity index (χ4v) is 1.40. The van der Waals surface area contributed by atoms with Crippen LogP contribution in [0.4, 0.5) is 4.39 Å². The summed E-state index contributed by atoms with van der Waals surface area (Å²) in [6, 6.07) is 4.58. The van der Waals surface area contributed by atoms with Gasteiger partial charge >= 0.3 is 0 Å². The molecule has 1 rings (SSSR count). The van der Waals surface area contributed by atoms with E-state index in [0.29, 0.717) is 12.5 Å². The van der Waals surface area contributed by atoms with E-state index < -0.39 is 0 Å². The number of hydrogen-bond acceptors (Lipinski definition) is 2. The summed E-state index contributed by atoms with van der Waals surface area (Å²) in [5.41, 5.74) is 0.837. The zero-order chi connectivity index (χ0) is 12.0. The minimum atomic E-state index is -0.220. The van der Waals surface area contributed by atoms with Gasteiger partial charge in [-0.15, -0.1) is 0 Å². The van der Waals surface area contributed by atoms with Gasteiger partial charge in [-0.25, -0.2) is 4.39 Å². The minimum absolute atomic E-state index is 0.220. The van der Waals surface area contributed by atoms with Crippen molar-refractivity contribution in [2.75, 3.05) is 19.7 Å². The van der Waals surface area contributed by atoms with Crippen LogP contribution < -0.4 is 10.1 Å². The molecule has 0 bridgehead atoms. The first-order valence-electron chi connectivity index (χ1n) is 5.69. The van der Waals surface area contributed by atoms with Gasteiger partial charge < -0.3 is 10.1 Å². The van der Waals surface area contributed by atoms with Crippen LogP contribution in [0.2, 0.25) is 0 Å². The first kappa shape index (κ1) is 13.0. The first-order valence-corrected chi connectivity index (χ1v) is 5.69. The van der Waals surface area contributed by atoms with Gasteiger partial charge in [0.2, 0.25) is 0 Å². The highest BCUT2D eigenvalue weighted by Crippen LogP contribution is 2.17. The van der Waals surface area contributed by atoms with E-state index in [2.05, 4.69) is 19.2 Å². The van der Waals surface area contributed by atoms with E-state index in [1.165, 1.54) is 12.1 Å². The Morgan fingerprint density at radius 2 is 2.12 bits per heavy atom. The molecular formula is C13H20FNO. The topological polar surface area (TPSA) is 21.3 Å². The van der Waals surface area contributed by atoms with Crippen molar-refractivity contribution in [3.05, 3.63) is 29.6 Å². The predicted octanol–water partition coefficient (Wildman–Crippen LogP) is 2.76. The molecule has 0 unspecified atom stereocenters. The second kappa shape index (κ2) is 6.48. The number of halogens is 1. The average molecular weight is 225 g/mol. The normalized spacial score (nSPS) is 10.8. The third-order valence-corrected chi connectivity index (χ3v) is 2.23. The van der Waals surface area contributed by atoms with Crippen LogP contribution in [0, 0.1) is 18.7 Å². The van der Waals surface area contributed by atoms with Crippen molar-refractivity contribution in [3.63, 3.8) is 0 Å². The lowest BCUT2D eigenvalue weighted by Crippen LogP contribution is -2.25. The van der Waals surface area contributed by atoms with Crippen molar-refractivity contribution in [1.82, 2.24) is 5.32 Å². The molecule has 0 atom stereocenters. The molecule has 2 nitrogen and oxygen atoms in total. The van der Waals surface area contributed by atoms with Crippen LogP contribution in [0.3, 0.4) is 0 Å². The Balaban J connectivity index is 2.27. The number of benzene rings is 1. The van der Waals surface area contributed by atoms with E-state index in [4.69, 9.17) is 4.74 Å². The van der Waals surface area contributed by atoms with E-state index in [-0.39, 0.29) is 5.82 Å². The SMILES string of the molecule is Cc1cc(F)ccc1OCCNCC(C)C. The van der Waals surface area contributed by atoms with Gasteiger partial charge in [0.05, 0.1) is 0 Å². The van der Waals surface area contributed by atoms with Gasteiger partial charge in [0.15, 0.2) is 0 Å². The molecule has 0 fully saturated rings. The minimum Gasteiger partial charge on any atom is -0.492 e. The van der Waals surface area contributed by atoms with Gasteiger partial charge in [0.25, 0.3) is 0 Å². The Morgan fingerprint density at radius 3 is 2.75 bits per heavy atom. The van der Waals surface area contributed by atoms with E-state index >= 15 is 0 Å². The third kappa shape index (κ3) is 4.62.